The number of methoxy groups -OCH3 is 1. The Morgan fingerprint density at radius 1 is 1.05 bits per heavy atom. The number of alkyl halides is 1. The van der Waals surface area contributed by atoms with Gasteiger partial charge in [-0.1, -0.05) is 33.6 Å². The van der Waals surface area contributed by atoms with Gasteiger partial charge >= 0.3 is 0 Å². The van der Waals surface area contributed by atoms with Gasteiger partial charge in [-0.2, -0.15) is 0 Å². The molecule has 100 valence electrons. The van der Waals surface area contributed by atoms with E-state index in [1.165, 1.54) is 0 Å². The van der Waals surface area contributed by atoms with Crippen molar-refractivity contribution in [3.8, 4) is 17.2 Å². The molecule has 0 aromatic heterocycles. The van der Waals surface area contributed by atoms with Gasteiger partial charge in [0, 0.05) is 15.9 Å². The summed E-state index contributed by atoms with van der Waals surface area (Å²) in [6, 6.07) is 11.4. The Labute approximate surface area is 126 Å². The molecule has 0 heterocycles. The number of hydrogen-bond acceptors (Lipinski definition) is 2. The van der Waals surface area contributed by atoms with E-state index in [2.05, 4.69) is 15.9 Å². The maximum absolute atomic E-state index is 5.98. The molecule has 2 rings (SSSR count). The zero-order valence-corrected chi connectivity index (χ0v) is 13.1. The van der Waals surface area contributed by atoms with Gasteiger partial charge in [-0.15, -0.1) is 0 Å². The number of aryl methyl sites for hydroxylation is 1. The fraction of sp³-hybridized carbons (Fsp3) is 0.200. The van der Waals surface area contributed by atoms with E-state index in [0.717, 1.165) is 22.6 Å². The van der Waals surface area contributed by atoms with Crippen LogP contribution in [-0.2, 0) is 5.33 Å². The lowest BCUT2D eigenvalue weighted by Gasteiger charge is -2.13. The molecule has 0 aliphatic rings. The van der Waals surface area contributed by atoms with Crippen molar-refractivity contribution >= 4 is 27.5 Å². The largest absolute Gasteiger partial charge is 0.493 e. The van der Waals surface area contributed by atoms with Gasteiger partial charge in [-0.05, 0) is 42.8 Å². The van der Waals surface area contributed by atoms with Gasteiger partial charge in [-0.25, -0.2) is 0 Å². The van der Waals surface area contributed by atoms with Crippen molar-refractivity contribution in [1.29, 1.82) is 0 Å². The van der Waals surface area contributed by atoms with E-state index in [4.69, 9.17) is 21.1 Å². The molecule has 0 N–H and O–H groups in total. The van der Waals surface area contributed by atoms with Crippen LogP contribution in [0.2, 0.25) is 5.02 Å². The van der Waals surface area contributed by atoms with Gasteiger partial charge in [-0.3, -0.25) is 0 Å². The zero-order valence-electron chi connectivity index (χ0n) is 10.7. The van der Waals surface area contributed by atoms with Crippen LogP contribution in [-0.4, -0.2) is 7.11 Å². The molecular formula is C15H14BrClO2. The maximum atomic E-state index is 5.98. The Bertz CT molecular complexity index is 533. The first-order chi connectivity index (χ1) is 9.13. The van der Waals surface area contributed by atoms with Gasteiger partial charge in [0.25, 0.3) is 0 Å². The molecular weight excluding hydrogens is 328 g/mol. The summed E-state index contributed by atoms with van der Waals surface area (Å²) >= 11 is 9.41. The molecule has 0 bridgehead atoms. The predicted molar refractivity (Wildman–Crippen MR) is 81.9 cm³/mol. The van der Waals surface area contributed by atoms with Crippen molar-refractivity contribution in [3.05, 3.63) is 52.5 Å². The van der Waals surface area contributed by atoms with Crippen molar-refractivity contribution in [1.82, 2.24) is 0 Å². The highest BCUT2D eigenvalue weighted by Crippen LogP contribution is 2.35. The van der Waals surface area contributed by atoms with Crippen molar-refractivity contribution in [2.45, 2.75) is 12.3 Å². The van der Waals surface area contributed by atoms with Crippen molar-refractivity contribution < 1.29 is 9.47 Å². The first kappa shape index (κ1) is 14.2. The summed E-state index contributed by atoms with van der Waals surface area (Å²) in [5.41, 5.74) is 2.12. The zero-order chi connectivity index (χ0) is 13.8. The predicted octanol–water partition coefficient (Wildman–Crippen LogP) is 5.34. The molecule has 4 heteroatoms. The van der Waals surface area contributed by atoms with Crippen molar-refractivity contribution in [2.24, 2.45) is 0 Å². The lowest BCUT2D eigenvalue weighted by Crippen LogP contribution is -1.93. The van der Waals surface area contributed by atoms with E-state index in [1.54, 1.807) is 7.11 Å². The molecule has 2 aromatic rings. The molecule has 0 aliphatic carbocycles. The Balaban J connectivity index is 2.36. The van der Waals surface area contributed by atoms with E-state index in [9.17, 15) is 0 Å². The third-order valence-corrected chi connectivity index (χ3v) is 3.54. The molecule has 0 radical (unpaired) electrons. The summed E-state index contributed by atoms with van der Waals surface area (Å²) in [4.78, 5) is 0. The van der Waals surface area contributed by atoms with Crippen LogP contribution < -0.4 is 9.47 Å². The summed E-state index contributed by atoms with van der Waals surface area (Å²) in [6.45, 7) is 2.01. The van der Waals surface area contributed by atoms with Crippen LogP contribution in [0.5, 0.6) is 17.2 Å². The van der Waals surface area contributed by atoms with Gasteiger partial charge in [0.05, 0.1) is 7.11 Å². The van der Waals surface area contributed by atoms with E-state index in [0.29, 0.717) is 16.1 Å². The molecule has 0 saturated heterocycles. The van der Waals surface area contributed by atoms with Crippen LogP contribution in [0.1, 0.15) is 11.1 Å². The lowest BCUT2D eigenvalue weighted by molar-refractivity contribution is 0.377. The molecule has 19 heavy (non-hydrogen) atoms. The minimum Gasteiger partial charge on any atom is -0.493 e. The summed E-state index contributed by atoms with van der Waals surface area (Å²) in [7, 11) is 1.63. The van der Waals surface area contributed by atoms with Crippen LogP contribution in [0.15, 0.2) is 36.4 Å². The van der Waals surface area contributed by atoms with E-state index in [1.807, 2.05) is 43.3 Å². The summed E-state index contributed by atoms with van der Waals surface area (Å²) in [5, 5.41) is 1.37. The monoisotopic (exact) mass is 340 g/mol. The Kier molecular flexibility index (Phi) is 4.72. The van der Waals surface area contributed by atoms with Gasteiger partial charge in [0.15, 0.2) is 11.5 Å². The van der Waals surface area contributed by atoms with Crippen LogP contribution >= 0.6 is 27.5 Å². The number of ether oxygens (including phenoxy) is 2. The van der Waals surface area contributed by atoms with Crippen LogP contribution in [0.3, 0.4) is 0 Å². The van der Waals surface area contributed by atoms with Gasteiger partial charge in [0.2, 0.25) is 0 Å². The highest BCUT2D eigenvalue weighted by molar-refractivity contribution is 9.08. The lowest BCUT2D eigenvalue weighted by atomic mass is 10.2. The summed E-state index contributed by atoms with van der Waals surface area (Å²) < 4.78 is 11.3. The number of hydrogen-bond donors (Lipinski definition) is 0. The average Bonchev–Trinajstić information content (AvgIpc) is 2.42. The molecule has 2 nitrogen and oxygen atoms in total. The topological polar surface area (TPSA) is 18.5 Å². The van der Waals surface area contributed by atoms with Crippen molar-refractivity contribution in [2.75, 3.05) is 7.11 Å². The highest BCUT2D eigenvalue weighted by Gasteiger charge is 2.09. The second-order valence-electron chi connectivity index (χ2n) is 4.14. The molecule has 0 spiro atoms. The Morgan fingerprint density at radius 3 is 2.47 bits per heavy atom. The summed E-state index contributed by atoms with van der Waals surface area (Å²) in [6.07, 6.45) is 0. The standard InChI is InChI=1S/C15H14BrClO2/c1-10-3-5-14(15(7-10)18-2)19-13-6-4-12(17)8-11(13)9-16/h3-8H,9H2,1-2H3. The average molecular weight is 342 g/mol. The van der Waals surface area contributed by atoms with Crippen molar-refractivity contribution in [3.63, 3.8) is 0 Å². The molecule has 0 amide bonds. The van der Waals surface area contributed by atoms with E-state index < -0.39 is 0 Å². The Morgan fingerprint density at radius 2 is 1.79 bits per heavy atom. The number of halogens is 2. The second kappa shape index (κ2) is 6.31. The fourth-order valence-electron chi connectivity index (χ4n) is 1.73. The number of benzene rings is 2. The third kappa shape index (κ3) is 3.43. The highest BCUT2D eigenvalue weighted by atomic mass is 79.9. The third-order valence-electron chi connectivity index (χ3n) is 2.71. The van der Waals surface area contributed by atoms with Crippen LogP contribution in [0.4, 0.5) is 0 Å². The molecule has 0 fully saturated rings. The minimum atomic E-state index is 0.678. The maximum Gasteiger partial charge on any atom is 0.169 e. The van der Waals surface area contributed by atoms with Crippen LogP contribution in [0.25, 0.3) is 0 Å². The van der Waals surface area contributed by atoms with E-state index in [-0.39, 0.29) is 0 Å². The normalized spacial score (nSPS) is 10.3. The smallest absolute Gasteiger partial charge is 0.169 e. The molecule has 0 atom stereocenters. The molecule has 0 unspecified atom stereocenters. The first-order valence-corrected chi connectivity index (χ1v) is 7.31. The van der Waals surface area contributed by atoms with Gasteiger partial charge in [0.1, 0.15) is 5.75 Å². The summed E-state index contributed by atoms with van der Waals surface area (Å²) in [5.74, 6) is 2.18. The number of rotatable bonds is 4. The molecule has 2 aromatic carbocycles. The fourth-order valence-corrected chi connectivity index (χ4v) is 2.36. The quantitative estimate of drug-likeness (QED) is 0.698. The molecule has 0 saturated carbocycles. The first-order valence-electron chi connectivity index (χ1n) is 5.81. The van der Waals surface area contributed by atoms with Crippen LogP contribution in [0, 0.1) is 6.92 Å². The van der Waals surface area contributed by atoms with E-state index >= 15 is 0 Å². The Hall–Kier alpha value is -1.19. The SMILES string of the molecule is COc1cc(C)ccc1Oc1ccc(Cl)cc1CBr. The minimum absolute atomic E-state index is 0.678. The second-order valence-corrected chi connectivity index (χ2v) is 5.14. The van der Waals surface area contributed by atoms with Gasteiger partial charge < -0.3 is 9.47 Å². The molecule has 0 aliphatic heterocycles.